The van der Waals surface area contributed by atoms with Crippen LogP contribution in [0.1, 0.15) is 42.8 Å². The maximum Gasteiger partial charge on any atom is 0.434 e. The second-order valence-corrected chi connectivity index (χ2v) is 8.30. The first kappa shape index (κ1) is 21.1. The van der Waals surface area contributed by atoms with Crippen molar-refractivity contribution in [2.45, 2.75) is 57.0 Å². The fourth-order valence-electron chi connectivity index (χ4n) is 4.93. The van der Waals surface area contributed by atoms with Crippen molar-refractivity contribution >= 4 is 41.3 Å². The molecule has 0 bridgehead atoms. The van der Waals surface area contributed by atoms with Gasteiger partial charge in [0.05, 0.1) is 12.6 Å². The van der Waals surface area contributed by atoms with E-state index in [1.54, 1.807) is 7.05 Å². The molecule has 0 aromatic carbocycles. The number of ether oxygens (including phenoxy) is 1. The van der Waals surface area contributed by atoms with Crippen LogP contribution in [0.2, 0.25) is 0 Å². The van der Waals surface area contributed by atoms with Crippen LogP contribution in [-0.4, -0.2) is 36.7 Å². The number of nitrogens with one attached hydrogen (secondary N) is 2. The normalized spacial score (nSPS) is 29.2. The lowest BCUT2D eigenvalue weighted by Crippen LogP contribution is -2.69. The van der Waals surface area contributed by atoms with Crippen molar-refractivity contribution < 1.29 is 17.9 Å². The predicted octanol–water partition coefficient (Wildman–Crippen LogP) is 3.79. The van der Waals surface area contributed by atoms with Gasteiger partial charge < -0.3 is 15.4 Å². The molecule has 1 aromatic rings. The van der Waals surface area contributed by atoms with Crippen LogP contribution in [-0.2, 0) is 17.5 Å². The van der Waals surface area contributed by atoms with E-state index >= 15 is 0 Å². The minimum Gasteiger partial charge on any atom is -0.377 e. The van der Waals surface area contributed by atoms with E-state index in [0.29, 0.717) is 29.0 Å². The van der Waals surface area contributed by atoms with Crippen molar-refractivity contribution in [3.8, 4) is 0 Å². The molecule has 2 saturated carbocycles. The zero-order valence-corrected chi connectivity index (χ0v) is 18.2. The molecule has 3 atom stereocenters. The third-order valence-corrected chi connectivity index (χ3v) is 6.90. The van der Waals surface area contributed by atoms with Gasteiger partial charge in [-0.05, 0) is 19.3 Å². The van der Waals surface area contributed by atoms with Gasteiger partial charge in [0.15, 0.2) is 11.7 Å². The molecule has 1 spiro atoms. The molecule has 27 heavy (non-hydrogen) atoms. The molecule has 3 fully saturated rings. The van der Waals surface area contributed by atoms with E-state index in [4.69, 9.17) is 4.74 Å². The molecule has 3 unspecified atom stereocenters. The Hall–Kier alpha value is -0.620. The summed E-state index contributed by atoms with van der Waals surface area (Å²) in [5.41, 5.74) is -0.638. The van der Waals surface area contributed by atoms with Crippen molar-refractivity contribution in [3.63, 3.8) is 0 Å². The topological polar surface area (TPSA) is 58.5 Å². The lowest BCUT2D eigenvalue weighted by Gasteiger charge is -2.57. The summed E-state index contributed by atoms with van der Waals surface area (Å²) in [7, 11) is 1.68. The summed E-state index contributed by atoms with van der Waals surface area (Å²) < 4.78 is 44.0. The first-order chi connectivity index (χ1) is 12.4. The second kappa shape index (κ2) is 8.02. The molecule has 2 N–H and O–H groups in total. The van der Waals surface area contributed by atoms with Crippen molar-refractivity contribution in [3.05, 3.63) is 16.1 Å². The Morgan fingerprint density at radius 1 is 1.41 bits per heavy atom. The fourth-order valence-corrected chi connectivity index (χ4v) is 5.67. The van der Waals surface area contributed by atoms with Gasteiger partial charge in [0, 0.05) is 36.4 Å². The number of hydrogen-bond donors (Lipinski definition) is 2. The molecule has 10 heteroatoms. The zero-order chi connectivity index (χ0) is 18.4. The van der Waals surface area contributed by atoms with Crippen LogP contribution < -0.4 is 10.6 Å². The van der Waals surface area contributed by atoms with Crippen molar-refractivity contribution in [2.75, 3.05) is 13.7 Å². The average Bonchev–Trinajstić information content (AvgIpc) is 3.33. The van der Waals surface area contributed by atoms with Crippen LogP contribution in [0.3, 0.4) is 0 Å². The maximum atomic E-state index is 12.7. The molecule has 0 radical (unpaired) electrons. The number of rotatable bonds is 3. The summed E-state index contributed by atoms with van der Waals surface area (Å²) in [4.78, 5) is 7.91. The molecule has 2 aliphatic carbocycles. The second-order valence-electron chi connectivity index (χ2n) is 7.36. The van der Waals surface area contributed by atoms with Gasteiger partial charge in [-0.2, -0.15) is 13.2 Å². The Bertz CT molecular complexity index is 690. The van der Waals surface area contributed by atoms with E-state index < -0.39 is 11.9 Å². The van der Waals surface area contributed by atoms with Gasteiger partial charge in [0.1, 0.15) is 5.01 Å². The van der Waals surface area contributed by atoms with Crippen LogP contribution in [0.25, 0.3) is 0 Å². The van der Waals surface area contributed by atoms with Crippen molar-refractivity contribution in [1.82, 2.24) is 15.6 Å². The lowest BCUT2D eigenvalue weighted by molar-refractivity contribution is -0.140. The number of aromatic nitrogens is 1. The summed E-state index contributed by atoms with van der Waals surface area (Å²) in [6.45, 7) is 1.05. The van der Waals surface area contributed by atoms with Crippen LogP contribution in [0, 0.1) is 11.3 Å². The van der Waals surface area contributed by atoms with Gasteiger partial charge in [-0.1, -0.05) is 12.8 Å². The van der Waals surface area contributed by atoms with Gasteiger partial charge in [0.25, 0.3) is 0 Å². The summed E-state index contributed by atoms with van der Waals surface area (Å²) >= 11 is 1.01. The highest BCUT2D eigenvalue weighted by Gasteiger charge is 2.65. The predicted molar refractivity (Wildman–Crippen MR) is 108 cm³/mol. The minimum atomic E-state index is -4.40. The van der Waals surface area contributed by atoms with Gasteiger partial charge in [0.2, 0.25) is 0 Å². The molecule has 1 aliphatic heterocycles. The van der Waals surface area contributed by atoms with Crippen molar-refractivity contribution in [2.24, 2.45) is 16.3 Å². The average molecular weight is 516 g/mol. The molecule has 4 rings (SSSR count). The lowest BCUT2D eigenvalue weighted by atomic mass is 9.54. The smallest absolute Gasteiger partial charge is 0.377 e. The molecular weight excluding hydrogens is 492 g/mol. The van der Waals surface area contributed by atoms with Crippen LogP contribution in [0.4, 0.5) is 13.2 Å². The molecule has 5 nitrogen and oxygen atoms in total. The zero-order valence-electron chi connectivity index (χ0n) is 15.0. The number of fused-ring (bicyclic) bond motifs is 2. The van der Waals surface area contributed by atoms with Crippen LogP contribution >= 0.6 is 35.3 Å². The third kappa shape index (κ3) is 3.81. The highest BCUT2D eigenvalue weighted by Crippen LogP contribution is 2.60. The summed E-state index contributed by atoms with van der Waals surface area (Å²) in [5, 5.41) is 8.09. The van der Waals surface area contributed by atoms with E-state index in [1.165, 1.54) is 25.7 Å². The quantitative estimate of drug-likeness (QED) is 0.365. The standard InChI is InChI=1S/C17H23F3N4OS.HI/c1-21-15(22-8-12-23-11(9-26-12)17(18,19)20)24-13-10-4-7-25-14(10)16(13)5-2-3-6-16;/h9-10,13-14H,2-8H2,1H3,(H2,21,22,24);1H. The molecular formula is C17H24F3IN4OS. The molecule has 1 saturated heterocycles. The monoisotopic (exact) mass is 516 g/mol. The van der Waals surface area contributed by atoms with E-state index in [0.717, 1.165) is 29.7 Å². The number of hydrogen-bond acceptors (Lipinski definition) is 4. The Morgan fingerprint density at radius 2 is 2.15 bits per heavy atom. The highest BCUT2D eigenvalue weighted by atomic mass is 127. The van der Waals surface area contributed by atoms with Gasteiger partial charge in [-0.3, -0.25) is 4.99 Å². The molecule has 152 valence electrons. The van der Waals surface area contributed by atoms with Crippen LogP contribution in [0.5, 0.6) is 0 Å². The van der Waals surface area contributed by atoms with E-state index in [2.05, 4.69) is 20.6 Å². The summed E-state index contributed by atoms with van der Waals surface area (Å²) in [6, 6.07) is 0.325. The largest absolute Gasteiger partial charge is 0.434 e. The number of nitrogens with zero attached hydrogens (tertiary/aromatic N) is 2. The maximum absolute atomic E-state index is 12.7. The fraction of sp³-hybridized carbons (Fsp3) is 0.765. The Balaban J connectivity index is 0.00000210. The first-order valence-electron chi connectivity index (χ1n) is 9.04. The Morgan fingerprint density at radius 3 is 2.78 bits per heavy atom. The Labute approximate surface area is 177 Å². The van der Waals surface area contributed by atoms with Gasteiger partial charge in [-0.25, -0.2) is 4.98 Å². The molecule has 3 aliphatic rings. The van der Waals surface area contributed by atoms with Gasteiger partial charge >= 0.3 is 6.18 Å². The number of halogens is 4. The molecule has 2 heterocycles. The van der Waals surface area contributed by atoms with Crippen molar-refractivity contribution in [1.29, 1.82) is 0 Å². The van der Waals surface area contributed by atoms with E-state index in [9.17, 15) is 13.2 Å². The number of aliphatic imine (C=N–C) groups is 1. The number of thiazole rings is 1. The summed E-state index contributed by atoms with van der Waals surface area (Å²) in [5.74, 6) is 1.12. The SMILES string of the molecule is CN=C(NCc1nc(C(F)(F)F)cs1)NC1C2CCOC2C12CCCC2.I. The first-order valence-corrected chi connectivity index (χ1v) is 9.92. The molecule has 1 aromatic heterocycles. The van der Waals surface area contributed by atoms with Crippen LogP contribution in [0.15, 0.2) is 10.4 Å². The minimum absolute atomic E-state index is 0. The number of guanidine groups is 1. The molecule has 0 amide bonds. The number of alkyl halides is 3. The van der Waals surface area contributed by atoms with E-state index in [-0.39, 0.29) is 35.9 Å². The van der Waals surface area contributed by atoms with Gasteiger partial charge in [-0.15, -0.1) is 35.3 Å². The van der Waals surface area contributed by atoms with E-state index in [1.807, 2.05) is 0 Å². The summed E-state index contributed by atoms with van der Waals surface area (Å²) in [6.07, 6.45) is 1.82. The Kier molecular flexibility index (Phi) is 6.26. The third-order valence-electron chi connectivity index (χ3n) is 6.05. The highest BCUT2D eigenvalue weighted by molar-refractivity contribution is 14.0.